The third kappa shape index (κ3) is 4.82. The fraction of sp³-hybridized carbons (Fsp3) is 0.550. The third-order valence-corrected chi connectivity index (χ3v) is 5.77. The Labute approximate surface area is 177 Å². The molecule has 1 aromatic rings. The molecule has 29 heavy (non-hydrogen) atoms. The van der Waals surface area contributed by atoms with Crippen LogP contribution in [0.15, 0.2) is 24.3 Å². The van der Waals surface area contributed by atoms with Gasteiger partial charge in [0.15, 0.2) is 0 Å². The number of ether oxygens (including phenoxy) is 1. The van der Waals surface area contributed by atoms with Gasteiger partial charge in [0.05, 0.1) is 7.11 Å². The molecular formula is C20H29ClN4O4. The zero-order valence-corrected chi connectivity index (χ0v) is 17.9. The zero-order chi connectivity index (χ0) is 20.4. The van der Waals surface area contributed by atoms with Gasteiger partial charge in [-0.3, -0.25) is 14.5 Å². The van der Waals surface area contributed by atoms with E-state index in [1.165, 1.54) is 0 Å². The number of hydrogen-bond acceptors (Lipinski definition) is 5. The minimum atomic E-state index is -1.20. The maximum Gasteiger partial charge on any atom is 0.325 e. The lowest BCUT2D eigenvalue weighted by atomic mass is 9.81. The van der Waals surface area contributed by atoms with Gasteiger partial charge in [0.25, 0.3) is 5.91 Å². The highest BCUT2D eigenvalue weighted by atomic mass is 35.5. The zero-order valence-electron chi connectivity index (χ0n) is 17.0. The first-order chi connectivity index (χ1) is 13.3. The van der Waals surface area contributed by atoms with E-state index in [1.807, 2.05) is 0 Å². The highest BCUT2D eigenvalue weighted by Crippen LogP contribution is 2.30. The summed E-state index contributed by atoms with van der Waals surface area (Å²) in [5.41, 5.74) is -0.530. The number of carbonyl (C=O) groups excluding carboxylic acids is 3. The molecule has 1 atom stereocenters. The minimum absolute atomic E-state index is 0. The van der Waals surface area contributed by atoms with Crippen molar-refractivity contribution in [3.8, 4) is 5.75 Å². The summed E-state index contributed by atoms with van der Waals surface area (Å²) in [5.74, 6) is -0.111. The summed E-state index contributed by atoms with van der Waals surface area (Å²) >= 11 is 0. The Morgan fingerprint density at radius 2 is 1.79 bits per heavy atom. The van der Waals surface area contributed by atoms with Crippen molar-refractivity contribution in [1.29, 1.82) is 0 Å². The van der Waals surface area contributed by atoms with E-state index in [2.05, 4.69) is 22.9 Å². The average molecular weight is 425 g/mol. The maximum absolute atomic E-state index is 12.9. The molecule has 2 aliphatic rings. The number of piperidine rings is 1. The molecule has 2 fully saturated rings. The lowest BCUT2D eigenvalue weighted by Gasteiger charge is -2.34. The Morgan fingerprint density at radius 3 is 2.38 bits per heavy atom. The molecule has 0 aromatic heterocycles. The van der Waals surface area contributed by atoms with E-state index in [9.17, 15) is 14.4 Å². The van der Waals surface area contributed by atoms with E-state index in [0.717, 1.165) is 30.8 Å². The van der Waals surface area contributed by atoms with Crippen LogP contribution in [0.5, 0.6) is 5.75 Å². The third-order valence-electron chi connectivity index (χ3n) is 5.77. The molecule has 2 aliphatic heterocycles. The SMILES string of the molecule is COc1ccc(C2(C)NC(=O)N(CC(=O)NCC3(C)CCNCC3)C2=O)cc1.Cl. The largest absolute Gasteiger partial charge is 0.497 e. The molecule has 0 saturated carbocycles. The second-order valence-electron chi connectivity index (χ2n) is 8.01. The topological polar surface area (TPSA) is 99.8 Å². The fourth-order valence-corrected chi connectivity index (χ4v) is 3.68. The summed E-state index contributed by atoms with van der Waals surface area (Å²) in [6.45, 7) is 5.89. The quantitative estimate of drug-likeness (QED) is 0.599. The number of benzene rings is 1. The van der Waals surface area contributed by atoms with Gasteiger partial charge in [0.2, 0.25) is 5.91 Å². The van der Waals surface area contributed by atoms with Crippen LogP contribution in [0, 0.1) is 5.41 Å². The van der Waals surface area contributed by atoms with Gasteiger partial charge in [-0.1, -0.05) is 19.1 Å². The van der Waals surface area contributed by atoms with Gasteiger partial charge >= 0.3 is 6.03 Å². The highest BCUT2D eigenvalue weighted by molar-refractivity contribution is 6.09. The van der Waals surface area contributed by atoms with E-state index in [0.29, 0.717) is 17.9 Å². The Kier molecular flexibility index (Phi) is 7.13. The molecule has 0 radical (unpaired) electrons. The van der Waals surface area contributed by atoms with Gasteiger partial charge in [0.1, 0.15) is 17.8 Å². The van der Waals surface area contributed by atoms with Crippen molar-refractivity contribution in [2.45, 2.75) is 32.2 Å². The number of methoxy groups -OCH3 is 1. The molecule has 0 aliphatic carbocycles. The summed E-state index contributed by atoms with van der Waals surface area (Å²) < 4.78 is 5.13. The maximum atomic E-state index is 12.9. The number of hydrogen-bond donors (Lipinski definition) is 3. The molecule has 9 heteroatoms. The van der Waals surface area contributed by atoms with Crippen molar-refractivity contribution in [1.82, 2.24) is 20.9 Å². The molecule has 1 aromatic carbocycles. The number of nitrogens with zero attached hydrogens (tertiary/aromatic N) is 1. The number of imide groups is 1. The van der Waals surface area contributed by atoms with Gasteiger partial charge in [-0.05, 0) is 56.0 Å². The molecule has 0 spiro atoms. The van der Waals surface area contributed by atoms with Gasteiger partial charge in [0, 0.05) is 6.54 Å². The number of urea groups is 1. The van der Waals surface area contributed by atoms with Crippen molar-refractivity contribution in [2.24, 2.45) is 5.41 Å². The molecule has 8 nitrogen and oxygen atoms in total. The standard InChI is InChI=1S/C20H28N4O4.ClH/c1-19(8-10-21-11-9-19)13-22-16(25)12-24-17(26)20(2,23-18(24)27)14-4-6-15(28-3)7-5-14;/h4-7,21H,8-13H2,1-3H3,(H,22,25)(H,23,27);1H. The van der Waals surface area contributed by atoms with Crippen LogP contribution in [0.1, 0.15) is 32.3 Å². The fourth-order valence-electron chi connectivity index (χ4n) is 3.68. The van der Waals surface area contributed by atoms with Crippen molar-refractivity contribution in [2.75, 3.05) is 33.3 Å². The molecule has 3 rings (SSSR count). The number of rotatable bonds is 6. The minimum Gasteiger partial charge on any atom is -0.497 e. The van der Waals surface area contributed by atoms with Crippen LogP contribution >= 0.6 is 12.4 Å². The highest BCUT2D eigenvalue weighted by Gasteiger charge is 2.49. The predicted octanol–water partition coefficient (Wildman–Crippen LogP) is 1.39. The average Bonchev–Trinajstić information content (AvgIpc) is 2.91. The molecule has 4 amide bonds. The molecule has 160 valence electrons. The van der Waals surface area contributed by atoms with E-state index in [-0.39, 0.29) is 30.3 Å². The van der Waals surface area contributed by atoms with Gasteiger partial charge in [-0.2, -0.15) is 0 Å². The smallest absolute Gasteiger partial charge is 0.325 e. The Bertz CT molecular complexity index is 764. The molecule has 3 N–H and O–H groups in total. The molecular weight excluding hydrogens is 396 g/mol. The van der Waals surface area contributed by atoms with Crippen molar-refractivity contribution in [3.63, 3.8) is 0 Å². The number of amides is 4. The first-order valence-corrected chi connectivity index (χ1v) is 9.53. The lowest BCUT2D eigenvalue weighted by Crippen LogP contribution is -2.47. The van der Waals surface area contributed by atoms with Crippen LogP contribution in [-0.4, -0.2) is 56.0 Å². The molecule has 2 saturated heterocycles. The van der Waals surface area contributed by atoms with E-state index in [1.54, 1.807) is 38.3 Å². The Hall–Kier alpha value is -2.32. The van der Waals surface area contributed by atoms with Crippen molar-refractivity contribution in [3.05, 3.63) is 29.8 Å². The molecule has 1 unspecified atom stereocenters. The molecule has 0 bridgehead atoms. The lowest BCUT2D eigenvalue weighted by molar-refractivity contribution is -0.135. The predicted molar refractivity (Wildman–Crippen MR) is 111 cm³/mol. The number of carbonyl (C=O) groups is 3. The summed E-state index contributed by atoms with van der Waals surface area (Å²) in [5, 5.41) is 8.90. The van der Waals surface area contributed by atoms with Crippen LogP contribution in [-0.2, 0) is 15.1 Å². The van der Waals surface area contributed by atoms with E-state index in [4.69, 9.17) is 4.74 Å². The van der Waals surface area contributed by atoms with Crippen LogP contribution in [0.2, 0.25) is 0 Å². The normalized spacial score (nSPS) is 23.2. The first-order valence-electron chi connectivity index (χ1n) is 9.53. The molecule has 2 heterocycles. The summed E-state index contributed by atoms with van der Waals surface area (Å²) in [4.78, 5) is 38.7. The van der Waals surface area contributed by atoms with Crippen LogP contribution < -0.4 is 20.7 Å². The summed E-state index contributed by atoms with van der Waals surface area (Å²) in [7, 11) is 1.56. The van der Waals surface area contributed by atoms with Crippen molar-refractivity contribution >= 4 is 30.3 Å². The Balaban J connectivity index is 0.00000300. The van der Waals surface area contributed by atoms with Gasteiger partial charge in [-0.15, -0.1) is 12.4 Å². The monoisotopic (exact) mass is 424 g/mol. The second-order valence-corrected chi connectivity index (χ2v) is 8.01. The van der Waals surface area contributed by atoms with Gasteiger partial charge < -0.3 is 20.7 Å². The van der Waals surface area contributed by atoms with Gasteiger partial charge in [-0.25, -0.2) is 4.79 Å². The van der Waals surface area contributed by atoms with Crippen molar-refractivity contribution < 1.29 is 19.1 Å². The number of halogens is 1. The van der Waals surface area contributed by atoms with Crippen LogP contribution in [0.3, 0.4) is 0 Å². The van der Waals surface area contributed by atoms with Crippen LogP contribution in [0.25, 0.3) is 0 Å². The Morgan fingerprint density at radius 1 is 1.17 bits per heavy atom. The summed E-state index contributed by atoms with van der Waals surface area (Å²) in [6.07, 6.45) is 1.96. The summed E-state index contributed by atoms with van der Waals surface area (Å²) in [6, 6.07) is 6.37. The van der Waals surface area contributed by atoms with E-state index < -0.39 is 17.5 Å². The first kappa shape index (κ1) is 23.0. The second kappa shape index (κ2) is 9.00. The van der Waals surface area contributed by atoms with E-state index >= 15 is 0 Å². The van der Waals surface area contributed by atoms with Crippen LogP contribution in [0.4, 0.5) is 4.79 Å². The number of nitrogens with one attached hydrogen (secondary N) is 3.